The van der Waals surface area contributed by atoms with Gasteiger partial charge in [-0.25, -0.2) is 0 Å². The maximum atomic E-state index is 12.4. The van der Waals surface area contributed by atoms with Crippen LogP contribution in [0.5, 0.6) is 5.75 Å². The maximum Gasteiger partial charge on any atom is 0.304 e. The second kappa shape index (κ2) is 6.40. The Bertz CT molecular complexity index is 652. The third-order valence-corrected chi connectivity index (χ3v) is 3.84. The van der Waals surface area contributed by atoms with E-state index in [4.69, 9.17) is 9.84 Å². The molecule has 0 aromatic heterocycles. The van der Waals surface area contributed by atoms with Crippen LogP contribution in [0.4, 0.5) is 5.69 Å². The average Bonchev–Trinajstić information content (AvgIpc) is 2.46. The minimum absolute atomic E-state index is 0.0746. The molecule has 0 saturated heterocycles. The van der Waals surface area contributed by atoms with Crippen molar-refractivity contribution in [2.24, 2.45) is 5.92 Å². The lowest BCUT2D eigenvalue weighted by Gasteiger charge is -2.36. The molecule has 6 heteroatoms. The Morgan fingerprint density at radius 3 is 2.52 bits per heavy atom. The smallest absolute Gasteiger partial charge is 0.304 e. The number of carboxylic acid groups (broad SMARTS) is 1. The molecule has 2 rings (SSSR count). The molecule has 0 bridgehead atoms. The zero-order valence-corrected chi connectivity index (χ0v) is 13.7. The fourth-order valence-corrected chi connectivity index (χ4v) is 2.69. The molecule has 0 radical (unpaired) electrons. The normalized spacial score (nSPS) is 18.4. The zero-order chi connectivity index (χ0) is 17.3. The van der Waals surface area contributed by atoms with Gasteiger partial charge in [0.2, 0.25) is 0 Å². The number of carboxylic acids is 1. The summed E-state index contributed by atoms with van der Waals surface area (Å²) < 4.78 is 5.59. The van der Waals surface area contributed by atoms with Crippen LogP contribution in [0.15, 0.2) is 18.2 Å². The largest absolute Gasteiger partial charge is 0.481 e. The second-order valence-electron chi connectivity index (χ2n) is 6.11. The molecule has 1 heterocycles. The fourth-order valence-electron chi connectivity index (χ4n) is 2.69. The van der Waals surface area contributed by atoms with Crippen molar-refractivity contribution in [2.45, 2.75) is 46.3 Å². The minimum atomic E-state index is -1.01. The van der Waals surface area contributed by atoms with E-state index in [0.717, 1.165) is 0 Å². The number of carbonyl (C=O) groups excluding carboxylic acids is 2. The van der Waals surface area contributed by atoms with Gasteiger partial charge in [0.15, 0.2) is 11.9 Å². The van der Waals surface area contributed by atoms with Gasteiger partial charge in [0.25, 0.3) is 5.91 Å². The Morgan fingerprint density at radius 1 is 1.30 bits per heavy atom. The number of aliphatic carboxylic acids is 1. The number of anilines is 1. The summed E-state index contributed by atoms with van der Waals surface area (Å²) in [5.74, 6) is -1.51. The van der Waals surface area contributed by atoms with E-state index >= 15 is 0 Å². The highest BCUT2D eigenvalue weighted by atomic mass is 16.5. The summed E-state index contributed by atoms with van der Waals surface area (Å²) in [4.78, 5) is 37.1. The molecule has 1 aliphatic rings. The van der Waals surface area contributed by atoms with Crippen LogP contribution >= 0.6 is 0 Å². The zero-order valence-electron chi connectivity index (χ0n) is 13.7. The number of ether oxygens (including phenoxy) is 1. The molecule has 1 aromatic rings. The molecule has 0 spiro atoms. The molecule has 1 N–H and O–H groups in total. The summed E-state index contributed by atoms with van der Waals surface area (Å²) in [5, 5.41) is 8.83. The Hall–Kier alpha value is -2.37. The van der Waals surface area contributed by atoms with E-state index < -0.39 is 18.0 Å². The van der Waals surface area contributed by atoms with E-state index in [9.17, 15) is 14.4 Å². The van der Waals surface area contributed by atoms with Crippen LogP contribution in [0.1, 0.15) is 44.5 Å². The van der Waals surface area contributed by atoms with Crippen LogP contribution < -0.4 is 9.64 Å². The van der Waals surface area contributed by atoms with Crippen LogP contribution in [0.25, 0.3) is 0 Å². The lowest BCUT2D eigenvalue weighted by atomic mass is 9.95. The van der Waals surface area contributed by atoms with Crippen molar-refractivity contribution in [2.75, 3.05) is 4.90 Å². The van der Waals surface area contributed by atoms with Gasteiger partial charge in [0.1, 0.15) is 5.75 Å². The molecule has 0 saturated carbocycles. The molecule has 23 heavy (non-hydrogen) atoms. The highest BCUT2D eigenvalue weighted by Gasteiger charge is 2.34. The molecule has 2 unspecified atom stereocenters. The van der Waals surface area contributed by atoms with Gasteiger partial charge < -0.3 is 14.7 Å². The molecule has 6 nitrogen and oxygen atoms in total. The summed E-state index contributed by atoms with van der Waals surface area (Å²) in [5.41, 5.74) is 0.936. The average molecular weight is 319 g/mol. The number of carbonyl (C=O) groups is 3. The van der Waals surface area contributed by atoms with E-state index in [1.807, 2.05) is 13.8 Å². The molecule has 2 atom stereocenters. The monoisotopic (exact) mass is 319 g/mol. The minimum Gasteiger partial charge on any atom is -0.481 e. The Kier molecular flexibility index (Phi) is 4.73. The Labute approximate surface area is 135 Å². The van der Waals surface area contributed by atoms with E-state index in [1.54, 1.807) is 36.9 Å². The number of hydrogen-bond acceptors (Lipinski definition) is 4. The van der Waals surface area contributed by atoms with Crippen LogP contribution in [-0.4, -0.2) is 34.9 Å². The first-order valence-corrected chi connectivity index (χ1v) is 7.62. The van der Waals surface area contributed by atoms with Gasteiger partial charge in [0, 0.05) is 17.5 Å². The second-order valence-corrected chi connectivity index (χ2v) is 6.11. The van der Waals surface area contributed by atoms with Crippen LogP contribution in [-0.2, 0) is 9.59 Å². The van der Waals surface area contributed by atoms with E-state index in [-0.39, 0.29) is 24.2 Å². The molecule has 0 aliphatic carbocycles. The maximum absolute atomic E-state index is 12.4. The number of hydrogen-bond donors (Lipinski definition) is 1. The first kappa shape index (κ1) is 17.0. The van der Waals surface area contributed by atoms with Gasteiger partial charge in [-0.3, -0.25) is 14.4 Å². The highest BCUT2D eigenvalue weighted by Crippen LogP contribution is 2.36. The van der Waals surface area contributed by atoms with Crippen molar-refractivity contribution in [3.8, 4) is 5.75 Å². The molecular formula is C17H21NO5. The first-order valence-electron chi connectivity index (χ1n) is 7.62. The summed E-state index contributed by atoms with van der Waals surface area (Å²) >= 11 is 0. The number of Topliss-reactive ketones (excluding diaryl/α,β-unsaturated/α-hetero) is 1. The van der Waals surface area contributed by atoms with Gasteiger partial charge >= 0.3 is 5.97 Å². The van der Waals surface area contributed by atoms with Crippen molar-refractivity contribution in [3.63, 3.8) is 0 Å². The number of fused-ring (bicyclic) bond motifs is 1. The van der Waals surface area contributed by atoms with Gasteiger partial charge in [-0.1, -0.05) is 6.92 Å². The third-order valence-electron chi connectivity index (χ3n) is 3.84. The highest BCUT2D eigenvalue weighted by molar-refractivity contribution is 6.04. The van der Waals surface area contributed by atoms with Crippen molar-refractivity contribution in [1.29, 1.82) is 0 Å². The van der Waals surface area contributed by atoms with Crippen molar-refractivity contribution in [1.82, 2.24) is 0 Å². The van der Waals surface area contributed by atoms with E-state index in [1.165, 1.54) is 0 Å². The predicted molar refractivity (Wildman–Crippen MR) is 84.9 cm³/mol. The molecular weight excluding hydrogens is 298 g/mol. The van der Waals surface area contributed by atoms with Crippen LogP contribution in [0, 0.1) is 5.92 Å². The van der Waals surface area contributed by atoms with Gasteiger partial charge in [0.05, 0.1) is 12.1 Å². The molecule has 124 valence electrons. The van der Waals surface area contributed by atoms with Crippen LogP contribution in [0.2, 0.25) is 0 Å². The molecule has 1 amide bonds. The molecule has 1 aliphatic heterocycles. The van der Waals surface area contributed by atoms with E-state index in [2.05, 4.69) is 0 Å². The number of ketones is 1. The number of amides is 1. The Balaban J connectivity index is 2.39. The predicted octanol–water partition coefficient (Wildman–Crippen LogP) is 2.50. The van der Waals surface area contributed by atoms with Gasteiger partial charge in [-0.05, 0) is 39.0 Å². The summed E-state index contributed by atoms with van der Waals surface area (Å²) in [6.45, 7) is 7.05. The van der Waals surface area contributed by atoms with Gasteiger partial charge in [-0.2, -0.15) is 0 Å². The number of rotatable bonds is 5. The summed E-state index contributed by atoms with van der Waals surface area (Å²) in [7, 11) is 0. The number of nitrogens with zero attached hydrogens (tertiary/aromatic N) is 1. The topological polar surface area (TPSA) is 83.9 Å². The molecule has 0 fully saturated rings. The van der Waals surface area contributed by atoms with Crippen molar-refractivity contribution < 1.29 is 24.2 Å². The lowest BCUT2D eigenvalue weighted by Crippen LogP contribution is -2.47. The third kappa shape index (κ3) is 3.36. The van der Waals surface area contributed by atoms with Crippen molar-refractivity contribution in [3.05, 3.63) is 23.8 Å². The van der Waals surface area contributed by atoms with Crippen LogP contribution in [0.3, 0.4) is 0 Å². The molecule has 1 aromatic carbocycles. The van der Waals surface area contributed by atoms with E-state index in [0.29, 0.717) is 17.0 Å². The quantitative estimate of drug-likeness (QED) is 0.843. The van der Waals surface area contributed by atoms with Crippen molar-refractivity contribution >= 4 is 23.3 Å². The standard InChI is InChI=1S/C17H21NO5/c1-9(2)18-13-8-12(16(21)10(3)7-15(19)20)5-6-14(13)23-11(4)17(18)22/h5-6,8-11H,7H2,1-4H3,(H,19,20). The van der Waals surface area contributed by atoms with Gasteiger partial charge in [-0.15, -0.1) is 0 Å². The summed E-state index contributed by atoms with van der Waals surface area (Å²) in [6, 6.07) is 4.81. The summed E-state index contributed by atoms with van der Waals surface area (Å²) in [6.07, 6.45) is -0.798. The first-order chi connectivity index (χ1) is 10.7. The SMILES string of the molecule is CC(CC(=O)O)C(=O)c1ccc2c(c1)N(C(C)C)C(=O)C(C)O2. The fraction of sp³-hybridized carbons (Fsp3) is 0.471. The number of benzene rings is 1. The lowest BCUT2D eigenvalue weighted by molar-refractivity contribution is -0.137. The Morgan fingerprint density at radius 2 is 1.96 bits per heavy atom.